The van der Waals surface area contributed by atoms with Crippen LogP contribution in [0.3, 0.4) is 0 Å². The molecule has 5 nitrogen and oxygen atoms in total. The van der Waals surface area contributed by atoms with E-state index in [2.05, 4.69) is 10.6 Å². The molecule has 0 saturated carbocycles. The third kappa shape index (κ3) is 17.9. The zero-order valence-corrected chi connectivity index (χ0v) is 15.7. The Balaban J connectivity index is 3.13. The molecule has 2 amide bonds. The minimum absolute atomic E-state index is 0.0372. The SMILES string of the molecule is COSCCCCCCNC(=O)NCCCCCCSOC. The van der Waals surface area contributed by atoms with E-state index < -0.39 is 0 Å². The summed E-state index contributed by atoms with van der Waals surface area (Å²) >= 11 is 3.02. The Morgan fingerprint density at radius 2 is 1.14 bits per heavy atom. The minimum atomic E-state index is -0.0372. The third-order valence-electron chi connectivity index (χ3n) is 3.12. The standard InChI is InChI=1S/C15H32N2O3S2/c1-19-21-13-9-5-3-7-11-16-15(18)17-12-8-4-6-10-14-22-20-2/h3-14H2,1-2H3,(H2,16,17,18). The van der Waals surface area contributed by atoms with Gasteiger partial charge in [0.05, 0.1) is 14.2 Å². The molecule has 132 valence electrons. The molecule has 0 aliphatic carbocycles. The van der Waals surface area contributed by atoms with Crippen LogP contribution in [0.1, 0.15) is 51.4 Å². The number of nitrogens with one attached hydrogen (secondary N) is 2. The van der Waals surface area contributed by atoms with Gasteiger partial charge in [-0.3, -0.25) is 0 Å². The molecule has 0 atom stereocenters. The Labute approximate surface area is 144 Å². The number of carbonyl (C=O) groups excluding carboxylic acids is 1. The van der Waals surface area contributed by atoms with E-state index in [0.29, 0.717) is 0 Å². The summed E-state index contributed by atoms with van der Waals surface area (Å²) in [7, 11) is 3.40. The predicted molar refractivity (Wildman–Crippen MR) is 97.3 cm³/mol. The lowest BCUT2D eigenvalue weighted by Gasteiger charge is -2.07. The molecule has 0 aromatic carbocycles. The van der Waals surface area contributed by atoms with Gasteiger partial charge >= 0.3 is 6.03 Å². The quantitative estimate of drug-likeness (QED) is 0.325. The molecule has 0 saturated heterocycles. The van der Waals surface area contributed by atoms with Crippen molar-refractivity contribution in [2.24, 2.45) is 0 Å². The molecule has 0 rings (SSSR count). The monoisotopic (exact) mass is 352 g/mol. The van der Waals surface area contributed by atoms with E-state index in [9.17, 15) is 4.79 Å². The average Bonchev–Trinajstić information content (AvgIpc) is 2.52. The highest BCUT2D eigenvalue weighted by Gasteiger charge is 1.98. The first kappa shape index (κ1) is 21.9. The first-order chi connectivity index (χ1) is 10.8. The van der Waals surface area contributed by atoms with E-state index in [4.69, 9.17) is 8.37 Å². The third-order valence-corrected chi connectivity index (χ3v) is 4.50. The molecule has 2 N–H and O–H groups in total. The largest absolute Gasteiger partial charge is 0.338 e. The average molecular weight is 353 g/mol. The van der Waals surface area contributed by atoms with Gasteiger partial charge in [-0.25, -0.2) is 4.79 Å². The Bertz CT molecular complexity index is 225. The van der Waals surface area contributed by atoms with Crippen LogP contribution in [-0.4, -0.2) is 44.8 Å². The number of unbranched alkanes of at least 4 members (excludes halogenated alkanes) is 6. The van der Waals surface area contributed by atoms with Crippen LogP contribution in [0.5, 0.6) is 0 Å². The topological polar surface area (TPSA) is 59.6 Å². The van der Waals surface area contributed by atoms with Gasteiger partial charge in [-0.15, -0.1) is 0 Å². The summed E-state index contributed by atoms with van der Waals surface area (Å²) in [5.74, 6) is 2.10. The van der Waals surface area contributed by atoms with E-state index in [1.165, 1.54) is 49.8 Å². The van der Waals surface area contributed by atoms with Gasteiger partial charge in [0.1, 0.15) is 0 Å². The fraction of sp³-hybridized carbons (Fsp3) is 0.933. The maximum Gasteiger partial charge on any atom is 0.314 e. The van der Waals surface area contributed by atoms with Crippen molar-refractivity contribution in [3.8, 4) is 0 Å². The molecule has 0 aliphatic rings. The van der Waals surface area contributed by atoms with Gasteiger partial charge in [0.15, 0.2) is 0 Å². The Morgan fingerprint density at radius 1 is 0.727 bits per heavy atom. The molecular formula is C15H32N2O3S2. The molecule has 0 unspecified atom stereocenters. The van der Waals surface area contributed by atoms with E-state index in [1.54, 1.807) is 14.2 Å². The lowest BCUT2D eigenvalue weighted by Crippen LogP contribution is -2.36. The normalized spacial score (nSPS) is 10.6. The van der Waals surface area contributed by atoms with Crippen LogP contribution in [0.2, 0.25) is 0 Å². The van der Waals surface area contributed by atoms with Gasteiger partial charge in [-0.1, -0.05) is 25.7 Å². The van der Waals surface area contributed by atoms with Gasteiger partial charge in [0.2, 0.25) is 0 Å². The van der Waals surface area contributed by atoms with Crippen LogP contribution in [0.15, 0.2) is 0 Å². The summed E-state index contributed by atoms with van der Waals surface area (Å²) in [6.07, 6.45) is 9.14. The predicted octanol–water partition coefficient (Wildman–Crippen LogP) is 4.00. The van der Waals surface area contributed by atoms with Crippen LogP contribution in [0.4, 0.5) is 4.79 Å². The Hall–Kier alpha value is -0.110. The van der Waals surface area contributed by atoms with Gasteiger partial charge in [-0.2, -0.15) is 0 Å². The summed E-state index contributed by atoms with van der Waals surface area (Å²) in [4.78, 5) is 11.5. The Morgan fingerprint density at radius 3 is 1.55 bits per heavy atom. The Kier molecular flexibility index (Phi) is 18.8. The van der Waals surface area contributed by atoms with Crippen LogP contribution in [-0.2, 0) is 8.37 Å². The molecule has 7 heteroatoms. The van der Waals surface area contributed by atoms with E-state index in [1.807, 2.05) is 0 Å². The summed E-state index contributed by atoms with van der Waals surface area (Å²) in [5, 5.41) is 5.81. The van der Waals surface area contributed by atoms with Crippen molar-refractivity contribution in [1.82, 2.24) is 10.6 Å². The lowest BCUT2D eigenvalue weighted by molar-refractivity contribution is 0.240. The number of urea groups is 1. The van der Waals surface area contributed by atoms with Crippen molar-refractivity contribution in [3.63, 3.8) is 0 Å². The van der Waals surface area contributed by atoms with Gasteiger partial charge in [0.25, 0.3) is 0 Å². The number of hydrogen-bond donors (Lipinski definition) is 2. The summed E-state index contributed by atoms with van der Waals surface area (Å²) in [6.45, 7) is 1.52. The molecule has 0 fully saturated rings. The smallest absolute Gasteiger partial charge is 0.314 e. The van der Waals surface area contributed by atoms with Gasteiger partial charge in [0, 0.05) is 24.6 Å². The highest BCUT2D eigenvalue weighted by molar-refractivity contribution is 7.94. The minimum Gasteiger partial charge on any atom is -0.338 e. The molecular weight excluding hydrogens is 320 g/mol. The van der Waals surface area contributed by atoms with Crippen molar-refractivity contribution < 1.29 is 13.2 Å². The zero-order valence-electron chi connectivity index (χ0n) is 14.0. The molecule has 0 spiro atoms. The molecule has 0 aromatic heterocycles. The van der Waals surface area contributed by atoms with E-state index >= 15 is 0 Å². The maximum absolute atomic E-state index is 11.5. The number of hydrogen-bond acceptors (Lipinski definition) is 5. The van der Waals surface area contributed by atoms with Crippen molar-refractivity contribution in [3.05, 3.63) is 0 Å². The van der Waals surface area contributed by atoms with Crippen LogP contribution in [0, 0.1) is 0 Å². The van der Waals surface area contributed by atoms with Gasteiger partial charge < -0.3 is 19.0 Å². The first-order valence-corrected chi connectivity index (χ1v) is 9.96. The van der Waals surface area contributed by atoms with Crippen LogP contribution in [0.25, 0.3) is 0 Å². The lowest BCUT2D eigenvalue weighted by atomic mass is 10.2. The molecule has 0 radical (unpaired) electrons. The number of amides is 2. The second kappa shape index (κ2) is 18.9. The second-order valence-corrected chi connectivity index (χ2v) is 6.94. The van der Waals surface area contributed by atoms with Crippen molar-refractivity contribution >= 4 is 30.1 Å². The van der Waals surface area contributed by atoms with Crippen molar-refractivity contribution in [2.45, 2.75) is 51.4 Å². The zero-order chi connectivity index (χ0) is 16.3. The second-order valence-electron chi connectivity index (χ2n) is 4.99. The fourth-order valence-corrected chi connectivity index (χ4v) is 2.89. The highest BCUT2D eigenvalue weighted by Crippen LogP contribution is 2.07. The van der Waals surface area contributed by atoms with E-state index in [0.717, 1.165) is 50.3 Å². The van der Waals surface area contributed by atoms with Crippen LogP contribution < -0.4 is 10.6 Å². The molecule has 0 heterocycles. The maximum atomic E-state index is 11.5. The van der Waals surface area contributed by atoms with Crippen molar-refractivity contribution in [2.75, 3.05) is 38.8 Å². The molecule has 0 aromatic rings. The van der Waals surface area contributed by atoms with Crippen molar-refractivity contribution in [1.29, 1.82) is 0 Å². The van der Waals surface area contributed by atoms with Gasteiger partial charge in [-0.05, 0) is 49.8 Å². The molecule has 22 heavy (non-hydrogen) atoms. The number of rotatable bonds is 16. The molecule has 0 bridgehead atoms. The summed E-state index contributed by atoms with van der Waals surface area (Å²) in [6, 6.07) is -0.0372. The number of carbonyl (C=O) groups is 1. The van der Waals surface area contributed by atoms with Crippen LogP contribution >= 0.6 is 24.1 Å². The fourth-order valence-electron chi connectivity index (χ4n) is 1.91. The summed E-state index contributed by atoms with van der Waals surface area (Å²) < 4.78 is 9.85. The molecule has 0 aliphatic heterocycles. The highest BCUT2D eigenvalue weighted by atomic mass is 32.2. The van der Waals surface area contributed by atoms with E-state index in [-0.39, 0.29) is 6.03 Å². The first-order valence-electron chi connectivity index (χ1n) is 8.14. The summed E-state index contributed by atoms with van der Waals surface area (Å²) in [5.41, 5.74) is 0.